The first kappa shape index (κ1) is 20.0. The molecule has 132 valence electrons. The van der Waals surface area contributed by atoms with Crippen LogP contribution in [0.25, 0.3) is 0 Å². The lowest BCUT2D eigenvalue weighted by Gasteiger charge is -2.26. The maximum Gasteiger partial charge on any atom is 0.499 e. The van der Waals surface area contributed by atoms with Gasteiger partial charge in [-0.3, -0.25) is 0 Å². The predicted octanol–water partition coefficient (Wildman–Crippen LogP) is 4.33. The molecule has 3 nitrogen and oxygen atoms in total. The first-order chi connectivity index (χ1) is 10.2. The van der Waals surface area contributed by atoms with Crippen LogP contribution in [0, 0.1) is 0 Å². The minimum absolute atomic E-state index is 0.382. The maximum absolute atomic E-state index is 12.8. The zero-order valence-electron chi connectivity index (χ0n) is 13.0. The summed E-state index contributed by atoms with van der Waals surface area (Å²) in [7, 11) is 0. The Morgan fingerprint density at radius 1 is 1.04 bits per heavy atom. The minimum Gasteiger partial charge on any atom is -0.598 e. The second kappa shape index (κ2) is 6.82. The molecule has 0 aliphatic rings. The van der Waals surface area contributed by atoms with Gasteiger partial charge in [-0.1, -0.05) is 12.1 Å². The molecule has 0 saturated heterocycles. The molecular weight excluding hydrogens is 341 g/mol. The smallest absolute Gasteiger partial charge is 0.499 e. The fraction of sp³-hybridized carbons (Fsp3) is 0.571. The summed E-state index contributed by atoms with van der Waals surface area (Å²) in [6.07, 6.45) is -11.0. The van der Waals surface area contributed by atoms with Gasteiger partial charge < -0.3 is 9.29 Å². The summed E-state index contributed by atoms with van der Waals surface area (Å²) in [6, 6.07) is 4.30. The van der Waals surface area contributed by atoms with Crippen LogP contribution in [0.3, 0.4) is 0 Å². The Hall–Kier alpha value is -1.06. The fourth-order valence-corrected chi connectivity index (χ4v) is 2.25. The highest BCUT2D eigenvalue weighted by atomic mass is 32.2. The molecule has 23 heavy (non-hydrogen) atoms. The Morgan fingerprint density at radius 3 is 1.91 bits per heavy atom. The zero-order valence-corrected chi connectivity index (χ0v) is 13.8. The number of rotatable bonds is 5. The van der Waals surface area contributed by atoms with Crippen LogP contribution in [-0.2, 0) is 11.4 Å². The lowest BCUT2D eigenvalue weighted by atomic mass is 10.1. The van der Waals surface area contributed by atoms with E-state index in [1.165, 1.54) is 12.1 Å². The van der Waals surface area contributed by atoms with Gasteiger partial charge in [0.15, 0.2) is 0 Å². The van der Waals surface area contributed by atoms with Crippen molar-refractivity contribution in [3.63, 3.8) is 0 Å². The quantitative estimate of drug-likeness (QED) is 0.629. The van der Waals surface area contributed by atoms with Crippen molar-refractivity contribution in [1.82, 2.24) is 4.72 Å². The summed E-state index contributed by atoms with van der Waals surface area (Å²) in [5.41, 5.74) is 0.574. The van der Waals surface area contributed by atoms with Crippen molar-refractivity contribution in [1.29, 1.82) is 0 Å². The van der Waals surface area contributed by atoms with Gasteiger partial charge in [-0.05, 0) is 45.4 Å². The van der Waals surface area contributed by atoms with Crippen LogP contribution >= 0.6 is 0 Å². The molecule has 1 aromatic carbocycles. The first-order valence-electron chi connectivity index (χ1n) is 6.65. The SMILES string of the molecule is CC(N[S@+]([O-])C(C)(C)C)c1ccc(OC(F)(F)C(F)(F)F)cc1. The van der Waals surface area contributed by atoms with E-state index in [0.717, 1.165) is 12.1 Å². The number of hydrogen-bond donors (Lipinski definition) is 1. The third-order valence-corrected chi connectivity index (χ3v) is 4.48. The second-order valence-corrected chi connectivity index (χ2v) is 7.90. The van der Waals surface area contributed by atoms with Crippen LogP contribution in [0.15, 0.2) is 24.3 Å². The van der Waals surface area contributed by atoms with Crippen LogP contribution in [0.5, 0.6) is 5.75 Å². The van der Waals surface area contributed by atoms with Gasteiger partial charge in [0.05, 0.1) is 6.04 Å². The van der Waals surface area contributed by atoms with Gasteiger partial charge in [0.25, 0.3) is 0 Å². The second-order valence-electron chi connectivity index (χ2n) is 5.91. The van der Waals surface area contributed by atoms with E-state index in [4.69, 9.17) is 0 Å². The van der Waals surface area contributed by atoms with Gasteiger partial charge in [-0.2, -0.15) is 22.0 Å². The monoisotopic (exact) mass is 359 g/mol. The number of halogens is 5. The Bertz CT molecular complexity index is 513. The van der Waals surface area contributed by atoms with Crippen molar-refractivity contribution in [2.45, 2.75) is 50.8 Å². The number of nitrogens with one attached hydrogen (secondary N) is 1. The van der Waals surface area contributed by atoms with Crippen LogP contribution < -0.4 is 9.46 Å². The third kappa shape index (κ3) is 5.50. The summed E-state index contributed by atoms with van der Waals surface area (Å²) >= 11 is -1.35. The summed E-state index contributed by atoms with van der Waals surface area (Å²) in [5.74, 6) is -0.611. The molecule has 0 saturated carbocycles. The van der Waals surface area contributed by atoms with E-state index in [-0.39, 0.29) is 6.04 Å². The Balaban J connectivity index is 2.77. The van der Waals surface area contributed by atoms with Gasteiger partial charge in [0.1, 0.15) is 10.5 Å². The van der Waals surface area contributed by atoms with E-state index in [2.05, 4.69) is 9.46 Å². The van der Waals surface area contributed by atoms with Crippen molar-refractivity contribution < 1.29 is 31.2 Å². The summed E-state index contributed by atoms with van der Waals surface area (Å²) in [5, 5.41) is 0. The minimum atomic E-state index is -5.79. The molecule has 2 atom stereocenters. The highest BCUT2D eigenvalue weighted by Gasteiger charge is 2.61. The van der Waals surface area contributed by atoms with E-state index < -0.39 is 34.1 Å². The van der Waals surface area contributed by atoms with E-state index in [1.807, 2.05) is 0 Å². The molecule has 0 amide bonds. The van der Waals surface area contributed by atoms with Gasteiger partial charge in [0.2, 0.25) is 0 Å². The average Bonchev–Trinajstić information content (AvgIpc) is 2.36. The summed E-state index contributed by atoms with van der Waals surface area (Å²) in [6.45, 7) is 7.03. The van der Waals surface area contributed by atoms with Gasteiger partial charge in [-0.25, -0.2) is 0 Å². The van der Waals surface area contributed by atoms with Crippen LogP contribution in [0.2, 0.25) is 0 Å². The number of hydrogen-bond acceptors (Lipinski definition) is 3. The van der Waals surface area contributed by atoms with E-state index in [0.29, 0.717) is 5.56 Å². The zero-order chi connectivity index (χ0) is 18.1. The Morgan fingerprint density at radius 2 is 1.52 bits per heavy atom. The molecule has 0 aliphatic heterocycles. The summed E-state index contributed by atoms with van der Waals surface area (Å²) in [4.78, 5) is 0. The maximum atomic E-state index is 12.8. The van der Waals surface area contributed by atoms with E-state index in [1.54, 1.807) is 27.7 Å². The van der Waals surface area contributed by atoms with Gasteiger partial charge in [-0.15, -0.1) is 4.72 Å². The highest BCUT2D eigenvalue weighted by Crippen LogP contribution is 2.37. The van der Waals surface area contributed by atoms with Crippen LogP contribution in [0.4, 0.5) is 22.0 Å². The lowest BCUT2D eigenvalue weighted by molar-refractivity contribution is -0.360. The average molecular weight is 359 g/mol. The topological polar surface area (TPSA) is 44.3 Å². The Kier molecular flexibility index (Phi) is 5.93. The number of benzene rings is 1. The summed E-state index contributed by atoms with van der Waals surface area (Å²) < 4.78 is 79.7. The standard InChI is InChI=1S/C14H18F5NO2S/c1-9(20-23(21)12(2,3)4)10-5-7-11(8-6-10)22-14(18,19)13(15,16)17/h5-9,20H,1-4H3/t9?,23-/m1/s1. The van der Waals surface area contributed by atoms with Crippen molar-refractivity contribution in [3.05, 3.63) is 29.8 Å². The third-order valence-electron chi connectivity index (χ3n) is 2.80. The largest absolute Gasteiger partial charge is 0.598 e. The van der Waals surface area contributed by atoms with Gasteiger partial charge in [0, 0.05) is 11.4 Å². The number of alkyl halides is 5. The molecule has 0 radical (unpaired) electrons. The number of ether oxygens (including phenoxy) is 1. The van der Waals surface area contributed by atoms with E-state index >= 15 is 0 Å². The Labute approximate surface area is 134 Å². The first-order valence-corrected chi connectivity index (χ1v) is 7.80. The molecular formula is C14H18F5NO2S. The normalized spacial score (nSPS) is 16.1. The predicted molar refractivity (Wildman–Crippen MR) is 77.5 cm³/mol. The molecule has 0 spiro atoms. The molecule has 0 aromatic heterocycles. The lowest BCUT2D eigenvalue weighted by Crippen LogP contribution is -2.41. The van der Waals surface area contributed by atoms with Crippen molar-refractivity contribution in [2.75, 3.05) is 0 Å². The molecule has 1 rings (SSSR count). The molecule has 0 bridgehead atoms. The van der Waals surface area contributed by atoms with Crippen LogP contribution in [0.1, 0.15) is 39.3 Å². The van der Waals surface area contributed by atoms with Crippen molar-refractivity contribution in [3.8, 4) is 5.75 Å². The van der Waals surface area contributed by atoms with Crippen molar-refractivity contribution in [2.24, 2.45) is 0 Å². The molecule has 1 unspecified atom stereocenters. The van der Waals surface area contributed by atoms with Gasteiger partial charge >= 0.3 is 12.3 Å². The van der Waals surface area contributed by atoms with Crippen molar-refractivity contribution >= 4 is 11.4 Å². The molecule has 1 N–H and O–H groups in total. The highest BCUT2D eigenvalue weighted by molar-refractivity contribution is 7.90. The molecule has 1 aromatic rings. The fourth-order valence-electron chi connectivity index (χ4n) is 1.44. The molecule has 0 aliphatic carbocycles. The molecule has 0 heterocycles. The molecule has 9 heteroatoms. The van der Waals surface area contributed by atoms with E-state index in [9.17, 15) is 26.5 Å². The molecule has 0 fully saturated rings. The van der Waals surface area contributed by atoms with Crippen LogP contribution in [-0.4, -0.2) is 21.6 Å².